The number of hydrogen-bond acceptors (Lipinski definition) is 7. The molecule has 3 rings (SSSR count). The van der Waals surface area contributed by atoms with E-state index in [4.69, 9.17) is 4.74 Å². The molecule has 10 heteroatoms. The largest absolute Gasteiger partial charge is 0.491 e. The van der Waals surface area contributed by atoms with Gasteiger partial charge in [0.1, 0.15) is 18.1 Å². The van der Waals surface area contributed by atoms with Gasteiger partial charge in [-0.2, -0.15) is 0 Å². The first-order chi connectivity index (χ1) is 10.3. The molecule has 0 aromatic carbocycles. The molecule has 1 fully saturated rings. The topological polar surface area (TPSA) is 96.3 Å². The second-order valence-corrected chi connectivity index (χ2v) is 4.76. The van der Waals surface area contributed by atoms with Crippen LogP contribution in [-0.2, 0) is 0 Å². The summed E-state index contributed by atoms with van der Waals surface area (Å²) in [6, 6.07) is 3.53. The van der Waals surface area contributed by atoms with Crippen molar-refractivity contribution >= 4 is 24.8 Å². The second kappa shape index (κ2) is 9.51. The average molecular weight is 364 g/mol. The van der Waals surface area contributed by atoms with E-state index in [1.807, 2.05) is 0 Å². The van der Waals surface area contributed by atoms with Gasteiger partial charge in [0.2, 0.25) is 5.82 Å². The van der Waals surface area contributed by atoms with E-state index in [1.54, 1.807) is 18.3 Å². The molecule has 3 heterocycles. The first kappa shape index (κ1) is 19.4. The lowest BCUT2D eigenvalue weighted by atomic mass is 10.3. The maximum absolute atomic E-state index is 10.9. The molecule has 1 aliphatic heterocycles. The maximum Gasteiger partial charge on any atom is 0.439 e. The van der Waals surface area contributed by atoms with Gasteiger partial charge in [-0.05, 0) is 12.1 Å². The fraction of sp³-hybridized carbons (Fsp3) is 0.462. The number of rotatable bonds is 5. The number of pyridine rings is 1. The van der Waals surface area contributed by atoms with Gasteiger partial charge in [0.25, 0.3) is 0 Å². The quantitative estimate of drug-likeness (QED) is 0.800. The third kappa shape index (κ3) is 5.51. The van der Waals surface area contributed by atoms with Crippen LogP contribution in [0.2, 0.25) is 0 Å². The minimum Gasteiger partial charge on any atom is -0.491 e. The molecule has 1 saturated heterocycles. The fourth-order valence-electron chi connectivity index (χ4n) is 2.17. The highest BCUT2D eigenvalue weighted by molar-refractivity contribution is 5.85. The predicted molar refractivity (Wildman–Crippen MR) is 89.7 cm³/mol. The Morgan fingerprint density at radius 2 is 2.04 bits per heavy atom. The Kier molecular flexibility index (Phi) is 8.04. The van der Waals surface area contributed by atoms with E-state index in [9.17, 15) is 4.79 Å². The lowest BCUT2D eigenvalue weighted by Crippen LogP contribution is -2.44. The Labute approximate surface area is 145 Å². The molecule has 0 unspecified atom stereocenters. The van der Waals surface area contributed by atoms with Gasteiger partial charge >= 0.3 is 5.76 Å². The van der Waals surface area contributed by atoms with Crippen molar-refractivity contribution in [1.29, 1.82) is 0 Å². The van der Waals surface area contributed by atoms with Gasteiger partial charge in [-0.25, -0.2) is 9.78 Å². The number of nitrogens with zero attached hydrogens (tertiary/aromatic N) is 3. The van der Waals surface area contributed by atoms with E-state index in [1.165, 1.54) is 0 Å². The number of aromatic amines is 1. The molecular weight excluding hydrogens is 345 g/mol. The number of piperazine rings is 1. The summed E-state index contributed by atoms with van der Waals surface area (Å²) < 4.78 is 10.1. The van der Waals surface area contributed by atoms with Crippen molar-refractivity contribution in [2.75, 3.05) is 39.3 Å². The molecule has 2 aromatic heterocycles. The van der Waals surface area contributed by atoms with Gasteiger partial charge < -0.3 is 10.1 Å². The van der Waals surface area contributed by atoms with Crippen LogP contribution in [0.25, 0.3) is 11.5 Å². The summed E-state index contributed by atoms with van der Waals surface area (Å²) in [5.74, 6) is 0.412. The molecule has 2 aromatic rings. The molecule has 0 bridgehead atoms. The number of nitrogens with one attached hydrogen (secondary N) is 2. The molecule has 0 amide bonds. The van der Waals surface area contributed by atoms with Crippen LogP contribution in [0.1, 0.15) is 0 Å². The number of ether oxygens (including phenoxy) is 1. The SMILES string of the molecule is Cl.Cl.O=c1[nH]c(-c2ccc(OCCN3CCNCC3)cn2)no1. The van der Waals surface area contributed by atoms with Crippen molar-refractivity contribution in [3.05, 3.63) is 28.9 Å². The summed E-state index contributed by atoms with van der Waals surface area (Å²) >= 11 is 0. The number of halogens is 2. The fourth-order valence-corrected chi connectivity index (χ4v) is 2.17. The summed E-state index contributed by atoms with van der Waals surface area (Å²) in [4.78, 5) is 19.9. The van der Waals surface area contributed by atoms with Crippen LogP contribution < -0.4 is 15.8 Å². The Morgan fingerprint density at radius 1 is 1.26 bits per heavy atom. The maximum atomic E-state index is 10.9. The summed E-state index contributed by atoms with van der Waals surface area (Å²) in [7, 11) is 0. The van der Waals surface area contributed by atoms with E-state index in [-0.39, 0.29) is 24.8 Å². The molecule has 0 atom stereocenters. The third-order valence-electron chi connectivity index (χ3n) is 3.31. The Morgan fingerprint density at radius 3 is 2.65 bits per heavy atom. The molecule has 0 spiro atoms. The molecule has 2 N–H and O–H groups in total. The van der Waals surface area contributed by atoms with Crippen molar-refractivity contribution in [2.24, 2.45) is 0 Å². The number of H-pyrrole nitrogens is 1. The average Bonchev–Trinajstić information content (AvgIpc) is 2.96. The van der Waals surface area contributed by atoms with E-state index in [0.29, 0.717) is 23.9 Å². The van der Waals surface area contributed by atoms with Gasteiger partial charge in [-0.1, -0.05) is 5.16 Å². The lowest BCUT2D eigenvalue weighted by molar-refractivity contribution is 0.191. The van der Waals surface area contributed by atoms with E-state index >= 15 is 0 Å². The highest BCUT2D eigenvalue weighted by Gasteiger charge is 2.09. The second-order valence-electron chi connectivity index (χ2n) is 4.76. The summed E-state index contributed by atoms with van der Waals surface area (Å²) in [5.41, 5.74) is 0.537. The summed E-state index contributed by atoms with van der Waals surface area (Å²) in [5, 5.41) is 6.90. The smallest absolute Gasteiger partial charge is 0.439 e. The zero-order chi connectivity index (χ0) is 14.5. The van der Waals surface area contributed by atoms with Crippen molar-refractivity contribution in [3.8, 4) is 17.3 Å². The van der Waals surface area contributed by atoms with Crippen LogP contribution in [-0.4, -0.2) is 59.4 Å². The standard InChI is InChI=1S/C13H17N5O3.2ClH/c19-13-16-12(17-21-13)11-2-1-10(9-15-11)20-8-7-18-5-3-14-4-6-18;;/h1-2,9,14H,3-8H2,(H,16,17,19);2*1H. The Balaban J connectivity index is 0.00000132. The number of hydrogen-bond donors (Lipinski definition) is 2. The molecule has 128 valence electrons. The van der Waals surface area contributed by atoms with Crippen molar-refractivity contribution in [1.82, 2.24) is 25.3 Å². The Bertz CT molecular complexity index is 625. The van der Waals surface area contributed by atoms with Crippen molar-refractivity contribution < 1.29 is 9.26 Å². The summed E-state index contributed by atoms with van der Waals surface area (Å²) in [6.45, 7) is 5.71. The lowest BCUT2D eigenvalue weighted by Gasteiger charge is -2.26. The predicted octanol–water partition coefficient (Wildman–Crippen LogP) is 0.552. The van der Waals surface area contributed by atoms with Gasteiger partial charge in [0.15, 0.2) is 0 Å². The zero-order valence-electron chi connectivity index (χ0n) is 12.4. The van der Waals surface area contributed by atoms with Crippen LogP contribution in [0, 0.1) is 0 Å². The first-order valence-corrected chi connectivity index (χ1v) is 6.89. The van der Waals surface area contributed by atoms with E-state index < -0.39 is 5.76 Å². The normalized spacial score (nSPS) is 14.6. The molecule has 8 nitrogen and oxygen atoms in total. The minimum absolute atomic E-state index is 0. The van der Waals surface area contributed by atoms with E-state index in [0.717, 1.165) is 32.7 Å². The van der Waals surface area contributed by atoms with Gasteiger partial charge in [-0.15, -0.1) is 24.8 Å². The zero-order valence-corrected chi connectivity index (χ0v) is 14.0. The van der Waals surface area contributed by atoms with Gasteiger partial charge in [0.05, 0.1) is 6.20 Å². The van der Waals surface area contributed by atoms with Crippen LogP contribution >= 0.6 is 24.8 Å². The summed E-state index contributed by atoms with van der Waals surface area (Å²) in [6.07, 6.45) is 1.61. The minimum atomic E-state index is -0.594. The monoisotopic (exact) mass is 363 g/mol. The van der Waals surface area contributed by atoms with Crippen molar-refractivity contribution in [3.63, 3.8) is 0 Å². The van der Waals surface area contributed by atoms with Crippen LogP contribution in [0.3, 0.4) is 0 Å². The number of aromatic nitrogens is 3. The van der Waals surface area contributed by atoms with E-state index in [2.05, 4.69) is 29.9 Å². The van der Waals surface area contributed by atoms with Gasteiger partial charge in [-0.3, -0.25) is 14.4 Å². The molecule has 0 radical (unpaired) electrons. The van der Waals surface area contributed by atoms with Gasteiger partial charge in [0, 0.05) is 32.7 Å². The van der Waals surface area contributed by atoms with Crippen LogP contribution in [0.4, 0.5) is 0 Å². The molecule has 0 saturated carbocycles. The molecular formula is C13H19Cl2N5O3. The molecule has 0 aliphatic carbocycles. The molecule has 23 heavy (non-hydrogen) atoms. The van der Waals surface area contributed by atoms with Crippen LogP contribution in [0.5, 0.6) is 5.75 Å². The first-order valence-electron chi connectivity index (χ1n) is 6.89. The van der Waals surface area contributed by atoms with Crippen molar-refractivity contribution in [2.45, 2.75) is 0 Å². The van der Waals surface area contributed by atoms with Crippen LogP contribution in [0.15, 0.2) is 27.6 Å². The Hall–Kier alpha value is -1.61. The third-order valence-corrected chi connectivity index (χ3v) is 3.31. The highest BCUT2D eigenvalue weighted by atomic mass is 35.5. The molecule has 1 aliphatic rings. The highest BCUT2D eigenvalue weighted by Crippen LogP contribution is 2.14.